The van der Waals surface area contributed by atoms with Crippen LogP contribution in [-0.2, 0) is 28.5 Å². The number of benzene rings is 2. The molecule has 4 rings (SSSR count). The number of hydrogen-bond acceptors (Lipinski definition) is 16. The molecule has 10 atom stereocenters. The normalized spacial score (nSPS) is 32.0. The Labute approximate surface area is 255 Å². The number of ketones is 1. The monoisotopic (exact) mass is 638 g/mol. The molecule has 0 radical (unpaired) electrons. The van der Waals surface area contributed by atoms with Gasteiger partial charge in [0.25, 0.3) is 0 Å². The van der Waals surface area contributed by atoms with Crippen LogP contribution < -0.4 is 0 Å². The first kappa shape index (κ1) is 34.0. The average Bonchev–Trinajstić information content (AvgIpc) is 3.01. The van der Waals surface area contributed by atoms with Gasteiger partial charge < -0.3 is 69.6 Å². The third kappa shape index (κ3) is 8.06. The molecule has 2 aromatic rings. The minimum atomic E-state index is -1.87. The fourth-order valence-electron chi connectivity index (χ4n) is 4.58. The molecule has 2 saturated heterocycles. The van der Waals surface area contributed by atoms with Gasteiger partial charge in [-0.1, -0.05) is 6.07 Å². The van der Waals surface area contributed by atoms with Crippen molar-refractivity contribution < 1.29 is 79.2 Å². The summed E-state index contributed by atoms with van der Waals surface area (Å²) < 4.78 is 27.4. The van der Waals surface area contributed by atoms with Gasteiger partial charge in [-0.2, -0.15) is 0 Å². The predicted molar refractivity (Wildman–Crippen MR) is 148 cm³/mol. The third-order valence-corrected chi connectivity index (χ3v) is 7.21. The SMILES string of the molecule is C[C@@H]1O[C@@H](OC[C@H]2O[C@@H](OCC(=O)c3ccc(O)c(O)c3)[C@H](O)[C@@H](O)[C@@H]2OC(=O)/C=C/c2ccc(O)c(O)c2)[C@H](O)[C@H](O)[C@H]1O. The van der Waals surface area contributed by atoms with Crippen molar-refractivity contribution in [3.8, 4) is 23.0 Å². The maximum atomic E-state index is 12.7. The molecule has 0 aliphatic carbocycles. The van der Waals surface area contributed by atoms with Crippen LogP contribution in [0.4, 0.5) is 0 Å². The number of carbonyl (C=O) groups excluding carboxylic acids is 2. The molecule has 2 aromatic carbocycles. The van der Waals surface area contributed by atoms with Gasteiger partial charge in [-0.3, -0.25) is 4.79 Å². The molecule has 0 aromatic heterocycles. The Morgan fingerprint density at radius 3 is 2.04 bits per heavy atom. The largest absolute Gasteiger partial charge is 0.504 e. The summed E-state index contributed by atoms with van der Waals surface area (Å²) in [5, 5.41) is 90.2. The first-order valence-electron chi connectivity index (χ1n) is 13.7. The number of carbonyl (C=O) groups is 2. The smallest absolute Gasteiger partial charge is 0.331 e. The maximum Gasteiger partial charge on any atom is 0.331 e. The van der Waals surface area contributed by atoms with Crippen LogP contribution in [-0.4, -0.2) is 132 Å². The molecule has 2 aliphatic rings. The standard InChI is InChI=1S/C29H34O16/c1-12-22(36)23(37)25(39)28(43-12)42-11-20-27(45-21(35)7-3-13-2-5-15(30)17(32)8-13)24(38)26(40)29(44-20)41-10-19(34)14-4-6-16(31)18(33)9-14/h2-9,12,20,22-33,36-40H,10-11H2,1H3/b7-3+/t12-,20+,22-,23+,24+,25+,26+,27+,28+,29+/m0/s1. The van der Waals surface area contributed by atoms with E-state index < -0.39 is 104 Å². The second kappa shape index (κ2) is 14.5. The van der Waals surface area contributed by atoms with E-state index in [1.54, 1.807) is 0 Å². The number of hydrogen-bond donors (Lipinski definition) is 9. The zero-order valence-electron chi connectivity index (χ0n) is 23.7. The molecule has 0 unspecified atom stereocenters. The number of aromatic hydroxyl groups is 4. The molecule has 246 valence electrons. The Morgan fingerprint density at radius 1 is 0.756 bits per heavy atom. The predicted octanol–water partition coefficient (Wildman–Crippen LogP) is -1.38. The molecule has 0 spiro atoms. The summed E-state index contributed by atoms with van der Waals surface area (Å²) in [4.78, 5) is 25.2. The van der Waals surface area contributed by atoms with Crippen molar-refractivity contribution in [2.75, 3.05) is 13.2 Å². The highest BCUT2D eigenvalue weighted by molar-refractivity contribution is 5.97. The minimum absolute atomic E-state index is 0.0464. The molecule has 45 heavy (non-hydrogen) atoms. The van der Waals surface area contributed by atoms with Crippen molar-refractivity contribution in [3.63, 3.8) is 0 Å². The Hall–Kier alpha value is -3.84. The van der Waals surface area contributed by atoms with Gasteiger partial charge in [-0.15, -0.1) is 0 Å². The lowest BCUT2D eigenvalue weighted by Crippen LogP contribution is -2.62. The fraction of sp³-hybridized carbons (Fsp3) is 0.448. The summed E-state index contributed by atoms with van der Waals surface area (Å²) in [6.45, 7) is 0.117. The van der Waals surface area contributed by atoms with Gasteiger partial charge in [0.1, 0.15) is 43.2 Å². The first-order valence-corrected chi connectivity index (χ1v) is 13.7. The van der Waals surface area contributed by atoms with E-state index in [-0.39, 0.29) is 11.3 Å². The van der Waals surface area contributed by atoms with Crippen LogP contribution >= 0.6 is 0 Å². The quantitative estimate of drug-likeness (QED) is 0.0629. The van der Waals surface area contributed by atoms with E-state index in [0.29, 0.717) is 5.56 Å². The molecule has 0 amide bonds. The van der Waals surface area contributed by atoms with Gasteiger partial charge in [-0.25, -0.2) is 4.79 Å². The van der Waals surface area contributed by atoms with Crippen LogP contribution in [0.5, 0.6) is 23.0 Å². The van der Waals surface area contributed by atoms with Crippen molar-refractivity contribution >= 4 is 17.8 Å². The summed E-state index contributed by atoms with van der Waals surface area (Å²) in [7, 11) is 0. The Kier molecular flexibility index (Phi) is 11.0. The van der Waals surface area contributed by atoms with E-state index in [4.69, 9.17) is 23.7 Å². The molecule has 2 heterocycles. The second-order valence-electron chi connectivity index (χ2n) is 10.5. The van der Waals surface area contributed by atoms with Gasteiger partial charge in [0.2, 0.25) is 0 Å². The van der Waals surface area contributed by atoms with E-state index >= 15 is 0 Å². The molecule has 2 fully saturated rings. The number of esters is 1. The molecule has 0 saturated carbocycles. The zero-order valence-corrected chi connectivity index (χ0v) is 23.7. The molecule has 16 heteroatoms. The van der Waals surface area contributed by atoms with E-state index in [9.17, 15) is 55.5 Å². The average molecular weight is 639 g/mol. The van der Waals surface area contributed by atoms with Crippen molar-refractivity contribution in [2.45, 2.75) is 68.3 Å². The highest BCUT2D eigenvalue weighted by Crippen LogP contribution is 2.29. The fourth-order valence-corrected chi connectivity index (χ4v) is 4.58. The molecular formula is C29H34O16. The molecule has 2 aliphatic heterocycles. The number of rotatable bonds is 10. The number of ether oxygens (including phenoxy) is 5. The van der Waals surface area contributed by atoms with Crippen LogP contribution in [0.25, 0.3) is 6.08 Å². The number of aliphatic hydroxyl groups excluding tert-OH is 5. The zero-order chi connectivity index (χ0) is 33.0. The topological polar surface area (TPSA) is 262 Å². The summed E-state index contributed by atoms with van der Waals surface area (Å²) in [5.41, 5.74) is 0.260. The highest BCUT2D eigenvalue weighted by Gasteiger charge is 2.49. The molecule has 9 N–H and O–H groups in total. The number of phenols is 4. The van der Waals surface area contributed by atoms with Gasteiger partial charge in [0, 0.05) is 11.6 Å². The lowest BCUT2D eigenvalue weighted by molar-refractivity contribution is -0.327. The number of Topliss-reactive ketones (excluding diaryl/α,β-unsaturated/α-hetero) is 1. The van der Waals surface area contributed by atoms with Crippen LogP contribution in [0.15, 0.2) is 42.5 Å². The van der Waals surface area contributed by atoms with Gasteiger partial charge in [0.15, 0.2) is 47.5 Å². The number of phenolic OH excluding ortho intramolecular Hbond substituents is 4. The molecular weight excluding hydrogens is 604 g/mol. The van der Waals surface area contributed by atoms with Gasteiger partial charge >= 0.3 is 5.97 Å². The minimum Gasteiger partial charge on any atom is -0.504 e. The van der Waals surface area contributed by atoms with E-state index in [1.807, 2.05) is 0 Å². The summed E-state index contributed by atoms with van der Waals surface area (Å²) in [6.07, 6.45) is -13.5. The summed E-state index contributed by atoms with van der Waals surface area (Å²) in [6, 6.07) is 7.05. The third-order valence-electron chi connectivity index (χ3n) is 7.21. The van der Waals surface area contributed by atoms with Crippen LogP contribution in [0.1, 0.15) is 22.8 Å². The Morgan fingerprint density at radius 2 is 1.38 bits per heavy atom. The van der Waals surface area contributed by atoms with Crippen molar-refractivity contribution in [3.05, 3.63) is 53.6 Å². The van der Waals surface area contributed by atoms with Crippen LogP contribution in [0.2, 0.25) is 0 Å². The Bertz CT molecular complexity index is 1380. The maximum absolute atomic E-state index is 12.7. The van der Waals surface area contributed by atoms with Crippen LogP contribution in [0.3, 0.4) is 0 Å². The van der Waals surface area contributed by atoms with Gasteiger partial charge in [0.05, 0.1) is 12.7 Å². The lowest BCUT2D eigenvalue weighted by Gasteiger charge is -2.43. The van der Waals surface area contributed by atoms with E-state index in [1.165, 1.54) is 37.3 Å². The second-order valence-corrected chi connectivity index (χ2v) is 10.5. The van der Waals surface area contributed by atoms with Crippen LogP contribution in [0, 0.1) is 0 Å². The first-order chi connectivity index (χ1) is 21.3. The van der Waals surface area contributed by atoms with Crippen molar-refractivity contribution in [1.29, 1.82) is 0 Å². The highest BCUT2D eigenvalue weighted by atomic mass is 16.7. The van der Waals surface area contributed by atoms with Crippen molar-refractivity contribution in [2.24, 2.45) is 0 Å². The summed E-state index contributed by atoms with van der Waals surface area (Å²) in [5.74, 6) is -3.55. The van der Waals surface area contributed by atoms with E-state index in [2.05, 4.69) is 0 Å². The van der Waals surface area contributed by atoms with E-state index in [0.717, 1.165) is 18.2 Å². The lowest BCUT2D eigenvalue weighted by atomic mass is 9.98. The summed E-state index contributed by atoms with van der Waals surface area (Å²) >= 11 is 0. The molecule has 0 bridgehead atoms. The molecule has 16 nitrogen and oxygen atoms in total. The van der Waals surface area contributed by atoms with Gasteiger partial charge in [-0.05, 0) is 48.9 Å². The van der Waals surface area contributed by atoms with Crippen molar-refractivity contribution in [1.82, 2.24) is 0 Å². The number of aliphatic hydroxyl groups is 5. The Balaban J connectivity index is 1.48.